The normalized spacial score (nSPS) is 10.3. The van der Waals surface area contributed by atoms with Crippen molar-refractivity contribution in [1.82, 2.24) is 0 Å². The number of ether oxygens (including phenoxy) is 1. The van der Waals surface area contributed by atoms with Gasteiger partial charge in [0.25, 0.3) is 0 Å². The van der Waals surface area contributed by atoms with Crippen molar-refractivity contribution in [3.63, 3.8) is 0 Å². The van der Waals surface area contributed by atoms with E-state index in [1.165, 1.54) is 6.08 Å². The molecule has 0 radical (unpaired) electrons. The third-order valence-electron chi connectivity index (χ3n) is 4.32. The van der Waals surface area contributed by atoms with Crippen molar-refractivity contribution in [2.24, 2.45) is 0 Å². The van der Waals surface area contributed by atoms with E-state index in [9.17, 15) is 9.90 Å². The number of carbonyl (C=O) groups is 1. The molecule has 0 aromatic heterocycles. The van der Waals surface area contributed by atoms with Gasteiger partial charge in [-0.3, -0.25) is 4.79 Å². The van der Waals surface area contributed by atoms with Gasteiger partial charge in [0.15, 0.2) is 17.3 Å². The average molecular weight is 389 g/mol. The standard InChI is InChI=1S/C24H22O3.C2H6/c1-17-8-11-19(12-9-17)13-15-22(25)21-14-10-18(2)24(23(21)26)27-16-20-6-4-3-5-7-20;1-2/h3-15,26H,16H2,1-2H3;1-2H3. The van der Waals surface area contributed by atoms with Crippen LogP contribution in [0.2, 0.25) is 0 Å². The van der Waals surface area contributed by atoms with E-state index in [4.69, 9.17) is 4.74 Å². The van der Waals surface area contributed by atoms with Gasteiger partial charge in [-0.25, -0.2) is 0 Å². The molecule has 0 saturated carbocycles. The molecule has 0 bridgehead atoms. The number of rotatable bonds is 6. The highest BCUT2D eigenvalue weighted by Gasteiger charge is 2.16. The average Bonchev–Trinajstić information content (AvgIpc) is 2.75. The smallest absolute Gasteiger partial charge is 0.189 e. The van der Waals surface area contributed by atoms with E-state index in [0.717, 1.165) is 22.3 Å². The van der Waals surface area contributed by atoms with E-state index in [2.05, 4.69) is 0 Å². The fourth-order valence-corrected chi connectivity index (χ4v) is 2.72. The third kappa shape index (κ3) is 6.08. The Bertz CT molecular complexity index is 955. The fourth-order valence-electron chi connectivity index (χ4n) is 2.72. The Morgan fingerprint density at radius 1 is 0.931 bits per heavy atom. The van der Waals surface area contributed by atoms with Gasteiger partial charge in [0.2, 0.25) is 0 Å². The highest BCUT2D eigenvalue weighted by molar-refractivity contribution is 6.09. The van der Waals surface area contributed by atoms with E-state index in [0.29, 0.717) is 12.4 Å². The summed E-state index contributed by atoms with van der Waals surface area (Å²) >= 11 is 0. The molecule has 0 heterocycles. The summed E-state index contributed by atoms with van der Waals surface area (Å²) in [6.45, 7) is 8.18. The minimum Gasteiger partial charge on any atom is -0.504 e. The summed E-state index contributed by atoms with van der Waals surface area (Å²) < 4.78 is 5.79. The van der Waals surface area contributed by atoms with E-state index in [1.54, 1.807) is 18.2 Å². The zero-order chi connectivity index (χ0) is 21.2. The van der Waals surface area contributed by atoms with Crippen LogP contribution in [0.15, 0.2) is 72.8 Å². The van der Waals surface area contributed by atoms with Crippen LogP contribution in [0.3, 0.4) is 0 Å². The van der Waals surface area contributed by atoms with Crippen LogP contribution in [-0.4, -0.2) is 10.9 Å². The number of hydrogen-bond acceptors (Lipinski definition) is 3. The lowest BCUT2D eigenvalue weighted by Gasteiger charge is -2.13. The number of aromatic hydroxyl groups is 1. The summed E-state index contributed by atoms with van der Waals surface area (Å²) in [5, 5.41) is 10.6. The molecule has 0 spiro atoms. The molecule has 3 aromatic rings. The van der Waals surface area contributed by atoms with Gasteiger partial charge >= 0.3 is 0 Å². The molecule has 1 N–H and O–H groups in total. The molecule has 0 aliphatic carbocycles. The number of allylic oxidation sites excluding steroid dienone is 1. The topological polar surface area (TPSA) is 46.5 Å². The minimum atomic E-state index is -0.266. The lowest BCUT2D eigenvalue weighted by Crippen LogP contribution is -2.01. The predicted molar refractivity (Wildman–Crippen MR) is 120 cm³/mol. The van der Waals surface area contributed by atoms with E-state index in [1.807, 2.05) is 82.3 Å². The largest absolute Gasteiger partial charge is 0.504 e. The number of ketones is 1. The van der Waals surface area contributed by atoms with Crippen molar-refractivity contribution in [3.05, 3.63) is 101 Å². The zero-order valence-electron chi connectivity index (χ0n) is 17.5. The molecule has 3 nitrogen and oxygen atoms in total. The van der Waals surface area contributed by atoms with Crippen LogP contribution in [0.1, 0.15) is 46.5 Å². The molecule has 0 saturated heterocycles. The van der Waals surface area contributed by atoms with Crippen LogP contribution >= 0.6 is 0 Å². The predicted octanol–water partition coefficient (Wildman–Crippen LogP) is 6.51. The Morgan fingerprint density at radius 3 is 2.24 bits per heavy atom. The highest BCUT2D eigenvalue weighted by Crippen LogP contribution is 2.34. The van der Waals surface area contributed by atoms with E-state index in [-0.39, 0.29) is 17.1 Å². The molecule has 3 rings (SSSR count). The van der Waals surface area contributed by atoms with E-state index < -0.39 is 0 Å². The Balaban J connectivity index is 0.00000145. The third-order valence-corrected chi connectivity index (χ3v) is 4.32. The van der Waals surface area contributed by atoms with E-state index >= 15 is 0 Å². The molecule has 0 unspecified atom stereocenters. The van der Waals surface area contributed by atoms with Crippen molar-refractivity contribution in [2.75, 3.05) is 0 Å². The number of phenols is 1. The van der Waals surface area contributed by atoms with Gasteiger partial charge in [0.05, 0.1) is 5.56 Å². The first-order valence-corrected chi connectivity index (χ1v) is 9.83. The molecule has 3 heteroatoms. The first-order valence-electron chi connectivity index (χ1n) is 9.83. The van der Waals surface area contributed by atoms with Gasteiger partial charge < -0.3 is 9.84 Å². The molecule has 150 valence electrons. The SMILES string of the molecule is CC.Cc1ccc(C=CC(=O)c2ccc(C)c(OCc3ccccc3)c2O)cc1. The Kier molecular flexibility index (Phi) is 8.23. The molecular weight excluding hydrogens is 360 g/mol. The maximum Gasteiger partial charge on any atom is 0.189 e. The van der Waals surface area contributed by atoms with Crippen LogP contribution in [0.5, 0.6) is 11.5 Å². The number of aryl methyl sites for hydroxylation is 2. The second kappa shape index (κ2) is 10.9. The van der Waals surface area contributed by atoms with Gasteiger partial charge in [-0.05, 0) is 42.7 Å². The molecule has 0 fully saturated rings. The van der Waals surface area contributed by atoms with Gasteiger partial charge in [0.1, 0.15) is 6.61 Å². The number of phenolic OH excluding ortho intramolecular Hbond substituents is 1. The monoisotopic (exact) mass is 388 g/mol. The summed E-state index contributed by atoms with van der Waals surface area (Å²) in [5.74, 6) is -0.0458. The first-order chi connectivity index (χ1) is 14.0. The minimum absolute atomic E-state index is 0.121. The van der Waals surface area contributed by atoms with Gasteiger partial charge in [-0.2, -0.15) is 0 Å². The van der Waals surface area contributed by atoms with Gasteiger partial charge in [0, 0.05) is 0 Å². The maximum absolute atomic E-state index is 12.5. The fraction of sp³-hybridized carbons (Fsp3) is 0.192. The Morgan fingerprint density at radius 2 is 1.59 bits per heavy atom. The van der Waals surface area contributed by atoms with Gasteiger partial charge in [-0.15, -0.1) is 0 Å². The van der Waals surface area contributed by atoms with Crippen LogP contribution in [-0.2, 0) is 6.61 Å². The quantitative estimate of drug-likeness (QED) is 0.387. The summed E-state index contributed by atoms with van der Waals surface area (Å²) in [6, 6.07) is 21.0. The molecule has 29 heavy (non-hydrogen) atoms. The maximum atomic E-state index is 12.5. The zero-order valence-corrected chi connectivity index (χ0v) is 17.5. The summed E-state index contributed by atoms with van der Waals surface area (Å²) in [4.78, 5) is 12.5. The van der Waals surface area contributed by atoms with Crippen molar-refractivity contribution in [3.8, 4) is 11.5 Å². The van der Waals surface area contributed by atoms with Crippen LogP contribution in [0.4, 0.5) is 0 Å². The van der Waals surface area contributed by atoms with Gasteiger partial charge in [-0.1, -0.05) is 86.2 Å². The number of carbonyl (C=O) groups excluding carboxylic acids is 1. The van der Waals surface area contributed by atoms with Crippen LogP contribution < -0.4 is 4.74 Å². The second-order valence-electron chi connectivity index (χ2n) is 6.49. The van der Waals surface area contributed by atoms with Crippen LogP contribution in [0, 0.1) is 13.8 Å². The molecule has 0 atom stereocenters. The number of hydrogen-bond donors (Lipinski definition) is 1. The Hall–Kier alpha value is -3.33. The molecular formula is C26H28O3. The highest BCUT2D eigenvalue weighted by atomic mass is 16.5. The first kappa shape index (κ1) is 22.0. The molecule has 0 aliphatic heterocycles. The summed E-state index contributed by atoms with van der Waals surface area (Å²) in [7, 11) is 0. The molecule has 0 amide bonds. The van der Waals surface area contributed by atoms with Crippen LogP contribution in [0.25, 0.3) is 6.08 Å². The summed E-state index contributed by atoms with van der Waals surface area (Å²) in [5.41, 5.74) is 4.10. The Labute approximate surface area is 173 Å². The molecule has 3 aromatic carbocycles. The van der Waals surface area contributed by atoms with Crippen molar-refractivity contribution in [2.45, 2.75) is 34.3 Å². The van der Waals surface area contributed by atoms with Crippen molar-refractivity contribution in [1.29, 1.82) is 0 Å². The van der Waals surface area contributed by atoms with Crippen molar-refractivity contribution < 1.29 is 14.6 Å². The lowest BCUT2D eigenvalue weighted by atomic mass is 10.0. The molecule has 0 aliphatic rings. The summed E-state index contributed by atoms with van der Waals surface area (Å²) in [6.07, 6.45) is 3.21. The second-order valence-corrected chi connectivity index (χ2v) is 6.49. The number of benzene rings is 3. The lowest BCUT2D eigenvalue weighted by molar-refractivity contribution is 0.104. The van der Waals surface area contributed by atoms with Crippen molar-refractivity contribution >= 4 is 11.9 Å².